The van der Waals surface area contributed by atoms with Gasteiger partial charge in [-0.2, -0.15) is 0 Å². The minimum Gasteiger partial charge on any atom is -0.271 e. The molecule has 1 atom stereocenters. The second kappa shape index (κ2) is 7.69. The lowest BCUT2D eigenvalue weighted by Gasteiger charge is -2.16. The molecule has 0 heterocycles. The number of nitrogens with one attached hydrogen (secondary N) is 1. The molecule has 0 spiro atoms. The van der Waals surface area contributed by atoms with Gasteiger partial charge >= 0.3 is 0 Å². The van der Waals surface area contributed by atoms with Gasteiger partial charge in [-0.3, -0.25) is 11.3 Å². The highest BCUT2D eigenvalue weighted by Crippen LogP contribution is 2.20. The average Bonchev–Trinajstić information content (AvgIpc) is 2.31. The number of hydrogen-bond acceptors (Lipinski definition) is 3. The van der Waals surface area contributed by atoms with Crippen LogP contribution in [-0.2, 0) is 0 Å². The Labute approximate surface area is 107 Å². The van der Waals surface area contributed by atoms with Crippen LogP contribution < -0.4 is 11.3 Å². The zero-order chi connectivity index (χ0) is 12.7. The molecule has 4 heteroatoms. The van der Waals surface area contributed by atoms with Crippen LogP contribution >= 0.6 is 11.8 Å². The third-order valence-electron chi connectivity index (χ3n) is 2.59. The summed E-state index contributed by atoms with van der Waals surface area (Å²) < 4.78 is 12.7. The Morgan fingerprint density at radius 3 is 2.41 bits per heavy atom. The third kappa shape index (κ3) is 6.05. The van der Waals surface area contributed by atoms with E-state index >= 15 is 0 Å². The van der Waals surface area contributed by atoms with Crippen LogP contribution in [0, 0.1) is 11.7 Å². The summed E-state index contributed by atoms with van der Waals surface area (Å²) in [5.41, 5.74) is 2.84. The van der Waals surface area contributed by atoms with Crippen molar-refractivity contribution in [2.45, 2.75) is 37.6 Å². The molecule has 2 nitrogen and oxygen atoms in total. The first-order chi connectivity index (χ1) is 8.11. The van der Waals surface area contributed by atoms with Crippen molar-refractivity contribution in [2.75, 3.05) is 5.75 Å². The van der Waals surface area contributed by atoms with Crippen molar-refractivity contribution in [1.82, 2.24) is 5.43 Å². The van der Waals surface area contributed by atoms with Gasteiger partial charge in [0, 0.05) is 16.7 Å². The maximum atomic E-state index is 12.7. The molecule has 0 aliphatic heterocycles. The molecule has 0 radical (unpaired) electrons. The largest absolute Gasteiger partial charge is 0.271 e. The van der Waals surface area contributed by atoms with Gasteiger partial charge in [-0.15, -0.1) is 11.8 Å². The molecule has 0 aliphatic rings. The summed E-state index contributed by atoms with van der Waals surface area (Å²) in [6.07, 6.45) is 2.24. The first-order valence-corrected chi connectivity index (χ1v) is 6.95. The van der Waals surface area contributed by atoms with E-state index in [4.69, 9.17) is 5.84 Å². The Morgan fingerprint density at radius 1 is 1.24 bits per heavy atom. The Bertz CT molecular complexity index is 314. The van der Waals surface area contributed by atoms with Gasteiger partial charge in [0.15, 0.2) is 0 Å². The normalized spacial score (nSPS) is 13.0. The van der Waals surface area contributed by atoms with Crippen molar-refractivity contribution in [3.05, 3.63) is 30.1 Å². The Hall–Kier alpha value is -0.580. The molecule has 1 aromatic carbocycles. The van der Waals surface area contributed by atoms with Gasteiger partial charge in [0.2, 0.25) is 0 Å². The molecule has 0 amide bonds. The summed E-state index contributed by atoms with van der Waals surface area (Å²) in [7, 11) is 0. The molecule has 1 unspecified atom stereocenters. The third-order valence-corrected chi connectivity index (χ3v) is 3.77. The van der Waals surface area contributed by atoms with E-state index in [2.05, 4.69) is 19.3 Å². The second-order valence-electron chi connectivity index (χ2n) is 4.60. The number of benzene rings is 1. The van der Waals surface area contributed by atoms with Crippen LogP contribution in [0.5, 0.6) is 0 Å². The van der Waals surface area contributed by atoms with E-state index in [1.54, 1.807) is 23.9 Å². The quantitative estimate of drug-likeness (QED) is 0.447. The summed E-state index contributed by atoms with van der Waals surface area (Å²) in [6.45, 7) is 4.42. The predicted octanol–water partition coefficient (Wildman–Crippen LogP) is 3.19. The molecule has 0 saturated carbocycles. The molecule has 0 aromatic heterocycles. The summed E-state index contributed by atoms with van der Waals surface area (Å²) >= 11 is 1.70. The fourth-order valence-electron chi connectivity index (χ4n) is 1.48. The highest BCUT2D eigenvalue weighted by atomic mass is 32.2. The Morgan fingerprint density at radius 2 is 1.88 bits per heavy atom. The number of thioether (sulfide) groups is 1. The standard InChI is InChI=1S/C13H21FN2S/c1-10(2)3-6-12(16-15)9-17-13-7-4-11(14)5-8-13/h4-5,7-8,10,12,16H,3,6,9,15H2,1-2H3. The van der Waals surface area contributed by atoms with Gasteiger partial charge in [0.1, 0.15) is 5.82 Å². The number of rotatable bonds is 7. The van der Waals surface area contributed by atoms with E-state index in [0.717, 1.165) is 17.1 Å². The summed E-state index contributed by atoms with van der Waals surface area (Å²) in [5.74, 6) is 6.94. The molecular formula is C13H21FN2S. The van der Waals surface area contributed by atoms with Gasteiger partial charge in [-0.1, -0.05) is 13.8 Å². The zero-order valence-corrected chi connectivity index (χ0v) is 11.3. The number of nitrogens with two attached hydrogens (primary N) is 1. The van der Waals surface area contributed by atoms with E-state index in [0.29, 0.717) is 12.0 Å². The van der Waals surface area contributed by atoms with Gasteiger partial charge in [0.25, 0.3) is 0 Å². The van der Waals surface area contributed by atoms with Crippen LogP contribution in [0.3, 0.4) is 0 Å². The maximum Gasteiger partial charge on any atom is 0.123 e. The number of halogens is 1. The van der Waals surface area contributed by atoms with E-state index in [-0.39, 0.29) is 5.82 Å². The van der Waals surface area contributed by atoms with E-state index < -0.39 is 0 Å². The van der Waals surface area contributed by atoms with Gasteiger partial charge in [0.05, 0.1) is 0 Å². The topological polar surface area (TPSA) is 38.0 Å². The number of hydrogen-bond donors (Lipinski definition) is 2. The van der Waals surface area contributed by atoms with Crippen LogP contribution in [0.1, 0.15) is 26.7 Å². The Kier molecular flexibility index (Phi) is 6.55. The SMILES string of the molecule is CC(C)CCC(CSc1ccc(F)cc1)NN. The van der Waals surface area contributed by atoms with Crippen molar-refractivity contribution in [2.24, 2.45) is 11.8 Å². The van der Waals surface area contributed by atoms with Crippen LogP contribution in [0.2, 0.25) is 0 Å². The average molecular weight is 256 g/mol. The van der Waals surface area contributed by atoms with Crippen molar-refractivity contribution in [3.8, 4) is 0 Å². The maximum absolute atomic E-state index is 12.7. The molecule has 0 aliphatic carbocycles. The Balaban J connectivity index is 2.34. The zero-order valence-electron chi connectivity index (χ0n) is 10.4. The smallest absolute Gasteiger partial charge is 0.123 e. The van der Waals surface area contributed by atoms with Gasteiger partial charge in [-0.25, -0.2) is 4.39 Å². The predicted molar refractivity (Wildman–Crippen MR) is 72.3 cm³/mol. The molecule has 0 fully saturated rings. The lowest BCUT2D eigenvalue weighted by molar-refractivity contribution is 0.464. The van der Waals surface area contributed by atoms with Crippen molar-refractivity contribution in [3.63, 3.8) is 0 Å². The van der Waals surface area contributed by atoms with Crippen LogP contribution in [-0.4, -0.2) is 11.8 Å². The van der Waals surface area contributed by atoms with E-state index in [9.17, 15) is 4.39 Å². The van der Waals surface area contributed by atoms with Gasteiger partial charge in [-0.05, 0) is 43.0 Å². The molecule has 1 aromatic rings. The summed E-state index contributed by atoms with van der Waals surface area (Å²) in [4.78, 5) is 1.08. The summed E-state index contributed by atoms with van der Waals surface area (Å²) in [5, 5.41) is 0. The van der Waals surface area contributed by atoms with Crippen molar-refractivity contribution >= 4 is 11.8 Å². The molecule has 1 rings (SSSR count). The van der Waals surface area contributed by atoms with E-state index in [1.165, 1.54) is 18.6 Å². The van der Waals surface area contributed by atoms with Crippen LogP contribution in [0.4, 0.5) is 4.39 Å². The van der Waals surface area contributed by atoms with Gasteiger partial charge < -0.3 is 0 Å². The molecule has 96 valence electrons. The molecule has 0 bridgehead atoms. The second-order valence-corrected chi connectivity index (χ2v) is 5.69. The van der Waals surface area contributed by atoms with Crippen molar-refractivity contribution in [1.29, 1.82) is 0 Å². The molecule has 0 saturated heterocycles. The van der Waals surface area contributed by atoms with Crippen molar-refractivity contribution < 1.29 is 4.39 Å². The fourth-order valence-corrected chi connectivity index (χ4v) is 2.46. The monoisotopic (exact) mass is 256 g/mol. The lowest BCUT2D eigenvalue weighted by atomic mass is 10.0. The fraction of sp³-hybridized carbons (Fsp3) is 0.538. The lowest BCUT2D eigenvalue weighted by Crippen LogP contribution is -2.37. The van der Waals surface area contributed by atoms with E-state index in [1.807, 2.05) is 0 Å². The molecule has 3 N–H and O–H groups in total. The highest BCUT2D eigenvalue weighted by molar-refractivity contribution is 7.99. The first kappa shape index (κ1) is 14.5. The van der Waals surface area contributed by atoms with Crippen LogP contribution in [0.25, 0.3) is 0 Å². The number of hydrazine groups is 1. The molecule has 17 heavy (non-hydrogen) atoms. The molecular weight excluding hydrogens is 235 g/mol. The minimum absolute atomic E-state index is 0.192. The van der Waals surface area contributed by atoms with Crippen LogP contribution in [0.15, 0.2) is 29.2 Å². The highest BCUT2D eigenvalue weighted by Gasteiger charge is 2.08. The first-order valence-electron chi connectivity index (χ1n) is 5.96. The summed E-state index contributed by atoms with van der Waals surface area (Å²) in [6, 6.07) is 6.89. The minimum atomic E-state index is -0.192.